The molecule has 0 fully saturated rings. The van der Waals surface area contributed by atoms with Gasteiger partial charge in [0.15, 0.2) is 18.2 Å². The minimum Gasteiger partial charge on any atom is -0.505 e. The predicted molar refractivity (Wildman–Crippen MR) is 200 cm³/mol. The summed E-state index contributed by atoms with van der Waals surface area (Å²) < 4.78 is 49.5. The number of hydrogen-bond acceptors (Lipinski definition) is 9. The first-order chi connectivity index (χ1) is 25.1. The number of benzene rings is 3. The van der Waals surface area contributed by atoms with Crippen molar-refractivity contribution in [2.75, 3.05) is 20.3 Å². The second kappa shape index (κ2) is 27.4. The molecule has 292 valence electrons. The van der Waals surface area contributed by atoms with Gasteiger partial charge in [0.05, 0.1) is 12.2 Å². The van der Waals surface area contributed by atoms with E-state index in [0.717, 1.165) is 24.4 Å². The largest absolute Gasteiger partial charge is 0.505 e. The fourth-order valence-corrected chi connectivity index (χ4v) is 4.12. The van der Waals surface area contributed by atoms with Gasteiger partial charge in [-0.2, -0.15) is 0 Å². The molecule has 0 saturated heterocycles. The van der Waals surface area contributed by atoms with Crippen LogP contribution in [-0.4, -0.2) is 66.1 Å². The maximum Gasteiger partial charge on any atom is 0.338 e. The maximum atomic E-state index is 13.7. The van der Waals surface area contributed by atoms with Gasteiger partial charge < -0.3 is 29.8 Å². The number of pyridine rings is 1. The number of phenolic OH excluding ortho intramolecular Hbond substituents is 1. The van der Waals surface area contributed by atoms with Crippen molar-refractivity contribution in [2.24, 2.45) is 5.92 Å². The number of halogens is 3. The van der Waals surface area contributed by atoms with Crippen LogP contribution < -0.4 is 5.32 Å². The number of carbonyl (C=O) groups excluding carboxylic acids is 4. The third kappa shape index (κ3) is 21.6. The van der Waals surface area contributed by atoms with Crippen LogP contribution in [0, 0.1) is 32.5 Å². The lowest BCUT2D eigenvalue weighted by molar-refractivity contribution is -0.143. The Morgan fingerprint density at radius 1 is 0.887 bits per heavy atom. The number of nitrogens with zero attached hydrogens (tertiary/aromatic N) is 1. The Morgan fingerprint density at radius 3 is 2.04 bits per heavy atom. The molecule has 1 aromatic heterocycles. The van der Waals surface area contributed by atoms with Crippen LogP contribution in [0.2, 0.25) is 0 Å². The smallest absolute Gasteiger partial charge is 0.338 e. The van der Waals surface area contributed by atoms with E-state index < -0.39 is 48.4 Å². The van der Waals surface area contributed by atoms with Crippen molar-refractivity contribution in [1.82, 2.24) is 10.3 Å². The molecular formula is C40H53F3N2O8. The first-order valence-electron chi connectivity index (χ1n) is 16.6. The molecule has 0 spiro atoms. The van der Waals surface area contributed by atoms with Crippen LogP contribution in [0.15, 0.2) is 72.9 Å². The quantitative estimate of drug-likeness (QED) is 0.146. The van der Waals surface area contributed by atoms with Crippen molar-refractivity contribution in [2.45, 2.75) is 74.3 Å². The van der Waals surface area contributed by atoms with Crippen LogP contribution in [0.3, 0.4) is 0 Å². The molecule has 1 amide bonds. The van der Waals surface area contributed by atoms with Gasteiger partial charge in [-0.25, -0.2) is 18.0 Å². The number of aliphatic hydroxyl groups is 1. The standard InChI is InChI=1S/C16H20F2O4.C11H11N.C9H10FNO2.C2H6.CH4O.CH2O/c1-11-4-6-14(7-5-11)15(20)22-10-16(17,18)8-12(2)9-21-13(3)19;1-8-3-4-10-7-12-9(2)6-11(10)5-8;1-6(12)11-5-7-3-2-4-8(10)9(7)13;3*1-2/h4-7,12H,8-10H2,1-3H3;3-7H,1-2H3;2-4,13H,5H2,1H3,(H,11,12);1-2H3;2H,1H3;1H2. The van der Waals surface area contributed by atoms with Crippen LogP contribution >= 0.6 is 0 Å². The lowest BCUT2D eigenvalue weighted by Crippen LogP contribution is -2.29. The molecule has 0 aliphatic rings. The average molecular weight is 747 g/mol. The number of alkyl halides is 2. The van der Waals surface area contributed by atoms with Crippen LogP contribution in [0.1, 0.15) is 73.8 Å². The molecule has 0 saturated carbocycles. The summed E-state index contributed by atoms with van der Waals surface area (Å²) in [7, 11) is 1.00. The molecule has 10 nitrogen and oxygen atoms in total. The number of amides is 1. The van der Waals surface area contributed by atoms with E-state index in [1.807, 2.05) is 40.7 Å². The summed E-state index contributed by atoms with van der Waals surface area (Å²) in [5.74, 6) is -6.30. The highest BCUT2D eigenvalue weighted by molar-refractivity contribution is 5.89. The lowest BCUT2D eigenvalue weighted by atomic mass is 10.0. The molecule has 53 heavy (non-hydrogen) atoms. The van der Waals surface area contributed by atoms with Gasteiger partial charge in [0, 0.05) is 56.8 Å². The Balaban J connectivity index is 0. The second-order valence-corrected chi connectivity index (χ2v) is 11.2. The van der Waals surface area contributed by atoms with Crippen molar-refractivity contribution in [3.63, 3.8) is 0 Å². The van der Waals surface area contributed by atoms with Crippen molar-refractivity contribution in [3.05, 3.63) is 107 Å². The van der Waals surface area contributed by atoms with E-state index in [-0.39, 0.29) is 24.6 Å². The van der Waals surface area contributed by atoms with Crippen LogP contribution in [0.5, 0.6) is 5.75 Å². The van der Waals surface area contributed by atoms with Crippen molar-refractivity contribution in [1.29, 1.82) is 0 Å². The summed E-state index contributed by atoms with van der Waals surface area (Å²) in [5, 5.41) is 21.1. The van der Waals surface area contributed by atoms with E-state index in [4.69, 9.17) is 9.90 Å². The Kier molecular flexibility index (Phi) is 25.7. The number of hydrogen-bond donors (Lipinski definition) is 3. The highest BCUT2D eigenvalue weighted by atomic mass is 19.3. The third-order valence-corrected chi connectivity index (χ3v) is 6.53. The predicted octanol–water partition coefficient (Wildman–Crippen LogP) is 7.85. The Bertz CT molecular complexity index is 1630. The lowest BCUT2D eigenvalue weighted by Gasteiger charge is -2.20. The number of para-hydroxylation sites is 1. The van der Waals surface area contributed by atoms with Gasteiger partial charge in [0.1, 0.15) is 6.79 Å². The van der Waals surface area contributed by atoms with E-state index >= 15 is 0 Å². The van der Waals surface area contributed by atoms with E-state index in [1.165, 1.54) is 48.4 Å². The normalized spacial score (nSPS) is 10.3. The topological polar surface area (TPSA) is 152 Å². The summed E-state index contributed by atoms with van der Waals surface area (Å²) in [6, 6.07) is 19.2. The molecule has 13 heteroatoms. The Hall–Kier alpha value is -5.30. The molecule has 1 heterocycles. The fourth-order valence-electron chi connectivity index (χ4n) is 4.12. The molecule has 0 aliphatic heterocycles. The molecule has 4 aromatic rings. The molecule has 0 aliphatic carbocycles. The van der Waals surface area contributed by atoms with Gasteiger partial charge in [-0.15, -0.1) is 0 Å². The van der Waals surface area contributed by atoms with Crippen LogP contribution in [-0.2, 0) is 30.4 Å². The molecule has 3 N–H and O–H groups in total. The van der Waals surface area contributed by atoms with Gasteiger partial charge in [-0.05, 0) is 56.3 Å². The first kappa shape index (κ1) is 49.8. The number of carbonyl (C=O) groups is 4. The number of aliphatic hydroxyl groups excluding tert-OH is 1. The number of nitrogens with one attached hydrogen (secondary N) is 1. The number of aromatic nitrogens is 1. The van der Waals surface area contributed by atoms with Crippen molar-refractivity contribution >= 4 is 35.4 Å². The summed E-state index contributed by atoms with van der Waals surface area (Å²) in [6.45, 7) is 15.1. The number of aromatic hydroxyl groups is 1. The zero-order chi connectivity index (χ0) is 41.1. The van der Waals surface area contributed by atoms with Crippen LogP contribution in [0.4, 0.5) is 13.2 Å². The van der Waals surface area contributed by atoms with E-state index in [1.54, 1.807) is 25.1 Å². The molecule has 4 rings (SSSR count). The zero-order valence-corrected chi connectivity index (χ0v) is 32.0. The Morgan fingerprint density at radius 2 is 1.47 bits per heavy atom. The average Bonchev–Trinajstić information content (AvgIpc) is 3.13. The molecule has 0 radical (unpaired) electrons. The summed E-state index contributed by atoms with van der Waals surface area (Å²) >= 11 is 0. The zero-order valence-electron chi connectivity index (χ0n) is 32.0. The number of phenols is 1. The summed E-state index contributed by atoms with van der Waals surface area (Å²) in [5.41, 5.74) is 3.94. The number of ether oxygens (including phenoxy) is 2. The van der Waals surface area contributed by atoms with E-state index in [2.05, 4.69) is 51.0 Å². The van der Waals surface area contributed by atoms with Gasteiger partial charge in [0.2, 0.25) is 5.91 Å². The third-order valence-electron chi connectivity index (χ3n) is 6.53. The number of rotatable bonds is 9. The second-order valence-electron chi connectivity index (χ2n) is 11.2. The van der Waals surface area contributed by atoms with Gasteiger partial charge >= 0.3 is 11.9 Å². The van der Waals surface area contributed by atoms with Crippen molar-refractivity contribution in [3.8, 4) is 5.75 Å². The number of aryl methyl sites for hydroxylation is 3. The molecule has 1 atom stereocenters. The maximum absolute atomic E-state index is 13.7. The SMILES string of the molecule is C=O.CC.CC(=O)NCc1cccc(F)c1O.CC(=O)OCC(C)CC(F)(F)COC(=O)c1ccc(C)cc1.CO.Cc1ccc2cnc(C)cc2c1. The Labute approximate surface area is 310 Å². The van der Waals surface area contributed by atoms with Crippen LogP contribution in [0.25, 0.3) is 10.8 Å². The minimum atomic E-state index is -3.17. The van der Waals surface area contributed by atoms with E-state index in [9.17, 15) is 32.7 Å². The highest BCUT2D eigenvalue weighted by Gasteiger charge is 2.33. The summed E-state index contributed by atoms with van der Waals surface area (Å²) in [4.78, 5) is 45.1. The van der Waals surface area contributed by atoms with E-state index in [0.29, 0.717) is 5.56 Å². The van der Waals surface area contributed by atoms with Gasteiger partial charge in [-0.3, -0.25) is 14.6 Å². The molecular weight excluding hydrogens is 693 g/mol. The molecule has 0 bridgehead atoms. The minimum absolute atomic E-state index is 0.0865. The highest BCUT2D eigenvalue weighted by Crippen LogP contribution is 2.25. The number of esters is 2. The van der Waals surface area contributed by atoms with Crippen molar-refractivity contribution < 1.29 is 52.0 Å². The first-order valence-corrected chi connectivity index (χ1v) is 16.6. The molecule has 1 unspecified atom stereocenters. The molecule has 3 aromatic carbocycles. The van der Waals surface area contributed by atoms with Gasteiger partial charge in [0.25, 0.3) is 5.92 Å². The number of fused-ring (bicyclic) bond motifs is 1. The fraction of sp³-hybridized carbons (Fsp3) is 0.375. The summed E-state index contributed by atoms with van der Waals surface area (Å²) in [6.07, 6.45) is 1.39. The van der Waals surface area contributed by atoms with Gasteiger partial charge in [-0.1, -0.05) is 74.4 Å². The monoisotopic (exact) mass is 746 g/mol.